The molecule has 21 heavy (non-hydrogen) atoms. The lowest BCUT2D eigenvalue weighted by molar-refractivity contribution is -0.144. The lowest BCUT2D eigenvalue weighted by atomic mass is 9.92. The van der Waals surface area contributed by atoms with Crippen molar-refractivity contribution in [3.8, 4) is 0 Å². The van der Waals surface area contributed by atoms with Crippen molar-refractivity contribution in [2.75, 3.05) is 19.6 Å². The highest BCUT2D eigenvalue weighted by Crippen LogP contribution is 2.26. The van der Waals surface area contributed by atoms with E-state index in [4.69, 9.17) is 0 Å². The maximum Gasteiger partial charge on any atom is 0.326 e. The van der Waals surface area contributed by atoms with Crippen LogP contribution in [0.1, 0.15) is 46.0 Å². The number of nitrogens with zero attached hydrogens (tertiary/aromatic N) is 2. The van der Waals surface area contributed by atoms with E-state index in [-0.39, 0.29) is 6.03 Å². The third-order valence-electron chi connectivity index (χ3n) is 4.73. The van der Waals surface area contributed by atoms with Crippen LogP contribution in [0.15, 0.2) is 0 Å². The molecule has 0 spiro atoms. The molecule has 0 aromatic rings. The molecule has 2 fully saturated rings. The molecule has 0 aromatic heterocycles. The summed E-state index contributed by atoms with van der Waals surface area (Å²) in [5, 5.41) is 19.5. The zero-order valence-corrected chi connectivity index (χ0v) is 12.9. The Balaban J connectivity index is 2.05. The summed E-state index contributed by atoms with van der Waals surface area (Å²) in [7, 11) is 0. The Labute approximate surface area is 125 Å². The van der Waals surface area contributed by atoms with Gasteiger partial charge in [0, 0.05) is 19.6 Å². The molecule has 0 bridgehead atoms. The van der Waals surface area contributed by atoms with Crippen molar-refractivity contribution in [1.82, 2.24) is 9.80 Å². The van der Waals surface area contributed by atoms with Gasteiger partial charge in [0.05, 0.1) is 5.60 Å². The lowest BCUT2D eigenvalue weighted by Crippen LogP contribution is -2.54. The maximum absolute atomic E-state index is 12.6. The van der Waals surface area contributed by atoms with Crippen molar-refractivity contribution in [2.45, 2.75) is 57.6 Å². The number of hydrogen-bond donors (Lipinski definition) is 2. The number of aliphatic hydroxyl groups is 1. The van der Waals surface area contributed by atoms with Crippen LogP contribution in [0.4, 0.5) is 4.79 Å². The molecule has 120 valence electrons. The zero-order valence-electron chi connectivity index (χ0n) is 12.9. The number of aliphatic carboxylic acids is 1. The standard InChI is InChI=1S/C15H26N2O4/c1-11-4-8-17(12(10-11)13(18)19)14(20)16-7-3-5-15(2,21)6-9-16/h11-12,21H,3-10H2,1-2H3,(H,18,19). The largest absolute Gasteiger partial charge is 0.480 e. The Morgan fingerprint density at radius 2 is 1.90 bits per heavy atom. The summed E-state index contributed by atoms with van der Waals surface area (Å²) in [4.78, 5) is 27.3. The first-order chi connectivity index (χ1) is 9.80. The van der Waals surface area contributed by atoms with Crippen LogP contribution in [0.5, 0.6) is 0 Å². The van der Waals surface area contributed by atoms with Crippen LogP contribution in [0, 0.1) is 5.92 Å². The molecular formula is C15H26N2O4. The smallest absolute Gasteiger partial charge is 0.326 e. The van der Waals surface area contributed by atoms with E-state index in [1.54, 1.807) is 11.8 Å². The number of likely N-dealkylation sites (tertiary alicyclic amines) is 2. The molecule has 2 heterocycles. The number of carbonyl (C=O) groups is 2. The number of hydrogen-bond acceptors (Lipinski definition) is 3. The predicted molar refractivity (Wildman–Crippen MR) is 78.0 cm³/mol. The quantitative estimate of drug-likeness (QED) is 0.769. The second-order valence-electron chi connectivity index (χ2n) is 6.80. The van der Waals surface area contributed by atoms with E-state index in [1.165, 1.54) is 4.90 Å². The highest BCUT2D eigenvalue weighted by atomic mass is 16.4. The van der Waals surface area contributed by atoms with Gasteiger partial charge in [-0.2, -0.15) is 0 Å². The van der Waals surface area contributed by atoms with Crippen molar-refractivity contribution >= 4 is 12.0 Å². The van der Waals surface area contributed by atoms with E-state index in [2.05, 4.69) is 0 Å². The van der Waals surface area contributed by atoms with E-state index >= 15 is 0 Å². The van der Waals surface area contributed by atoms with Crippen LogP contribution in [0.2, 0.25) is 0 Å². The fraction of sp³-hybridized carbons (Fsp3) is 0.867. The summed E-state index contributed by atoms with van der Waals surface area (Å²) in [6.07, 6.45) is 3.34. The molecule has 0 saturated carbocycles. The third kappa shape index (κ3) is 3.87. The minimum absolute atomic E-state index is 0.188. The number of rotatable bonds is 1. The number of amides is 2. The highest BCUT2D eigenvalue weighted by molar-refractivity contribution is 5.83. The minimum atomic E-state index is -0.920. The molecule has 2 saturated heterocycles. The van der Waals surface area contributed by atoms with Crippen LogP contribution < -0.4 is 0 Å². The average molecular weight is 298 g/mol. The first kappa shape index (κ1) is 16.1. The minimum Gasteiger partial charge on any atom is -0.480 e. The maximum atomic E-state index is 12.6. The summed E-state index contributed by atoms with van der Waals surface area (Å²) in [6, 6.07) is -0.906. The van der Waals surface area contributed by atoms with Crippen molar-refractivity contribution < 1.29 is 19.8 Å². The monoisotopic (exact) mass is 298 g/mol. The van der Waals surface area contributed by atoms with Gasteiger partial charge in [-0.15, -0.1) is 0 Å². The van der Waals surface area contributed by atoms with E-state index in [1.807, 2.05) is 6.92 Å². The van der Waals surface area contributed by atoms with Crippen molar-refractivity contribution in [2.24, 2.45) is 5.92 Å². The fourth-order valence-electron chi connectivity index (χ4n) is 3.24. The van der Waals surface area contributed by atoms with Gasteiger partial charge in [0.25, 0.3) is 0 Å². The first-order valence-corrected chi connectivity index (χ1v) is 7.81. The summed E-state index contributed by atoms with van der Waals surface area (Å²) in [5.74, 6) is -0.586. The van der Waals surface area contributed by atoms with Gasteiger partial charge < -0.3 is 20.0 Å². The van der Waals surface area contributed by atoms with Gasteiger partial charge in [-0.25, -0.2) is 9.59 Å². The first-order valence-electron chi connectivity index (χ1n) is 7.81. The van der Waals surface area contributed by atoms with Crippen LogP contribution in [-0.4, -0.2) is 63.3 Å². The molecule has 3 atom stereocenters. The Kier molecular flexibility index (Phi) is 4.76. The average Bonchev–Trinajstić information content (AvgIpc) is 2.59. The molecule has 3 unspecified atom stereocenters. The van der Waals surface area contributed by atoms with Crippen LogP contribution in [0.25, 0.3) is 0 Å². The molecule has 2 amide bonds. The molecule has 2 rings (SSSR count). The van der Waals surface area contributed by atoms with Crippen LogP contribution in [0.3, 0.4) is 0 Å². The Morgan fingerprint density at radius 1 is 1.19 bits per heavy atom. The molecule has 0 aliphatic carbocycles. The molecule has 6 heteroatoms. The van der Waals surface area contributed by atoms with Crippen LogP contribution >= 0.6 is 0 Å². The Hall–Kier alpha value is -1.30. The van der Waals surface area contributed by atoms with Gasteiger partial charge in [-0.1, -0.05) is 6.92 Å². The van der Waals surface area contributed by atoms with Crippen LogP contribution in [-0.2, 0) is 4.79 Å². The number of piperidine rings is 1. The van der Waals surface area contributed by atoms with Gasteiger partial charge in [0.1, 0.15) is 6.04 Å². The summed E-state index contributed by atoms with van der Waals surface area (Å²) in [6.45, 7) is 5.41. The lowest BCUT2D eigenvalue weighted by Gasteiger charge is -2.39. The molecule has 2 aliphatic rings. The van der Waals surface area contributed by atoms with Gasteiger partial charge in [0.2, 0.25) is 0 Å². The van der Waals surface area contributed by atoms with Crippen molar-refractivity contribution in [1.29, 1.82) is 0 Å². The predicted octanol–water partition coefficient (Wildman–Crippen LogP) is 1.53. The van der Waals surface area contributed by atoms with Gasteiger partial charge >= 0.3 is 12.0 Å². The van der Waals surface area contributed by atoms with E-state index < -0.39 is 17.6 Å². The van der Waals surface area contributed by atoms with E-state index in [9.17, 15) is 19.8 Å². The number of carboxylic acid groups (broad SMARTS) is 1. The zero-order chi connectivity index (χ0) is 15.6. The molecule has 0 radical (unpaired) electrons. The van der Waals surface area contributed by atoms with E-state index in [0.717, 1.165) is 12.8 Å². The third-order valence-corrected chi connectivity index (χ3v) is 4.73. The number of carboxylic acids is 1. The van der Waals surface area contributed by atoms with Crippen molar-refractivity contribution in [3.63, 3.8) is 0 Å². The summed E-state index contributed by atoms with van der Waals surface area (Å²) >= 11 is 0. The summed E-state index contributed by atoms with van der Waals surface area (Å²) < 4.78 is 0. The topological polar surface area (TPSA) is 81.1 Å². The Morgan fingerprint density at radius 3 is 2.57 bits per heavy atom. The second-order valence-corrected chi connectivity index (χ2v) is 6.80. The highest BCUT2D eigenvalue weighted by Gasteiger charge is 2.37. The second kappa shape index (κ2) is 6.22. The molecule has 6 nitrogen and oxygen atoms in total. The normalized spacial score (nSPS) is 34.4. The molecule has 2 N–H and O–H groups in total. The molecular weight excluding hydrogens is 272 g/mol. The van der Waals surface area contributed by atoms with E-state index in [0.29, 0.717) is 44.8 Å². The Bertz CT molecular complexity index is 410. The van der Waals surface area contributed by atoms with Crippen molar-refractivity contribution in [3.05, 3.63) is 0 Å². The van der Waals surface area contributed by atoms with Gasteiger partial charge in [-0.05, 0) is 44.9 Å². The fourth-order valence-corrected chi connectivity index (χ4v) is 3.24. The summed E-state index contributed by atoms with van der Waals surface area (Å²) in [5.41, 5.74) is -0.725. The van der Waals surface area contributed by atoms with Gasteiger partial charge in [0.15, 0.2) is 0 Å². The molecule has 2 aliphatic heterocycles. The number of carbonyl (C=O) groups excluding carboxylic acids is 1. The number of urea groups is 1. The van der Waals surface area contributed by atoms with Gasteiger partial charge in [-0.3, -0.25) is 0 Å². The molecule has 0 aromatic carbocycles. The SMILES string of the molecule is CC1CCN(C(=O)N2CCCC(C)(O)CC2)C(C(=O)O)C1.